The Morgan fingerprint density at radius 2 is 2.00 bits per heavy atom. The number of nitrogens with one attached hydrogen (secondary N) is 1. The lowest BCUT2D eigenvalue weighted by molar-refractivity contribution is -0.385. The molecule has 0 aliphatic carbocycles. The van der Waals surface area contributed by atoms with E-state index >= 15 is 0 Å². The van der Waals surface area contributed by atoms with E-state index in [1.807, 2.05) is 0 Å². The number of nitro benzene ring substituents is 1. The number of nitro groups is 1. The Morgan fingerprint density at radius 3 is 2.62 bits per heavy atom. The van der Waals surface area contributed by atoms with Crippen LogP contribution in [0.2, 0.25) is 5.02 Å². The molecule has 7 heteroatoms. The van der Waals surface area contributed by atoms with Gasteiger partial charge in [0.15, 0.2) is 0 Å². The highest BCUT2D eigenvalue weighted by Gasteiger charge is 2.18. The van der Waals surface area contributed by atoms with Crippen molar-refractivity contribution >= 4 is 23.1 Å². The third-order valence-electron chi connectivity index (χ3n) is 2.77. The topological polar surface area (TPSA) is 102 Å². The second-order valence-corrected chi connectivity index (χ2v) is 4.82. The fraction of sp³-hybridized carbons (Fsp3) is 0.0714. The number of nitrogens with two attached hydrogens (primary N) is 1. The summed E-state index contributed by atoms with van der Waals surface area (Å²) in [5, 5.41) is 18.9. The Labute approximate surface area is 125 Å². The second kappa shape index (κ2) is 5.80. The molecule has 0 spiro atoms. The molecule has 0 aliphatic heterocycles. The van der Waals surface area contributed by atoms with E-state index in [2.05, 4.69) is 0 Å². The van der Waals surface area contributed by atoms with Gasteiger partial charge in [0, 0.05) is 17.2 Å². The maximum absolute atomic E-state index is 11.0. The summed E-state index contributed by atoms with van der Waals surface area (Å²) in [6.07, 6.45) is 0. The molecule has 0 bridgehead atoms. The molecule has 108 valence electrons. The Balaban J connectivity index is 2.52. The van der Waals surface area contributed by atoms with Gasteiger partial charge >= 0.3 is 5.69 Å². The predicted octanol–water partition coefficient (Wildman–Crippen LogP) is 3.63. The standard InChI is InChI=1S/C14H12ClN3O3/c1-8-2-5-11(18(19)20)13(6-8)21-12-7-9(15)3-4-10(12)14(16)17/h2-7H,1H3,(H3,16,17). The first-order chi connectivity index (χ1) is 9.88. The molecule has 6 nitrogen and oxygen atoms in total. The molecular formula is C14H12ClN3O3. The number of rotatable bonds is 4. The number of halogens is 1. The van der Waals surface area contributed by atoms with Crippen LogP contribution in [0.5, 0.6) is 11.5 Å². The van der Waals surface area contributed by atoms with E-state index in [4.69, 9.17) is 27.5 Å². The highest BCUT2D eigenvalue weighted by Crippen LogP contribution is 2.34. The van der Waals surface area contributed by atoms with Gasteiger partial charge in [0.1, 0.15) is 11.6 Å². The van der Waals surface area contributed by atoms with Crippen LogP contribution in [0, 0.1) is 22.4 Å². The van der Waals surface area contributed by atoms with E-state index in [-0.39, 0.29) is 23.0 Å². The molecular weight excluding hydrogens is 294 g/mol. The Morgan fingerprint density at radius 1 is 1.29 bits per heavy atom. The molecule has 0 atom stereocenters. The lowest BCUT2D eigenvalue weighted by atomic mass is 10.1. The van der Waals surface area contributed by atoms with Gasteiger partial charge in [0.05, 0.1) is 10.5 Å². The largest absolute Gasteiger partial charge is 0.449 e. The van der Waals surface area contributed by atoms with Crippen molar-refractivity contribution in [2.45, 2.75) is 6.92 Å². The summed E-state index contributed by atoms with van der Waals surface area (Å²) in [6, 6.07) is 9.09. The first kappa shape index (κ1) is 14.8. The molecule has 0 aromatic heterocycles. The first-order valence-corrected chi connectivity index (χ1v) is 6.33. The summed E-state index contributed by atoms with van der Waals surface area (Å²) in [7, 11) is 0. The quantitative estimate of drug-likeness (QED) is 0.389. The van der Waals surface area contributed by atoms with Crippen molar-refractivity contribution in [3.8, 4) is 11.5 Å². The van der Waals surface area contributed by atoms with E-state index in [1.165, 1.54) is 18.2 Å². The van der Waals surface area contributed by atoms with Crippen molar-refractivity contribution < 1.29 is 9.66 Å². The normalized spacial score (nSPS) is 10.2. The van der Waals surface area contributed by atoms with Crippen LogP contribution in [0.1, 0.15) is 11.1 Å². The van der Waals surface area contributed by atoms with Gasteiger partial charge in [0.2, 0.25) is 5.75 Å². The Hall–Kier alpha value is -2.60. The molecule has 0 unspecified atom stereocenters. The number of hydrogen-bond donors (Lipinski definition) is 2. The van der Waals surface area contributed by atoms with Crippen molar-refractivity contribution in [2.75, 3.05) is 0 Å². The molecule has 0 fully saturated rings. The zero-order valence-electron chi connectivity index (χ0n) is 11.1. The van der Waals surface area contributed by atoms with Gasteiger partial charge in [-0.2, -0.15) is 0 Å². The van der Waals surface area contributed by atoms with Crippen molar-refractivity contribution in [1.29, 1.82) is 5.41 Å². The number of hydrogen-bond acceptors (Lipinski definition) is 4. The van der Waals surface area contributed by atoms with Crippen molar-refractivity contribution in [3.63, 3.8) is 0 Å². The third-order valence-corrected chi connectivity index (χ3v) is 3.00. The zero-order chi connectivity index (χ0) is 15.6. The van der Waals surface area contributed by atoms with Crippen LogP contribution in [0.4, 0.5) is 5.69 Å². The molecule has 0 saturated carbocycles. The molecule has 0 saturated heterocycles. The molecule has 0 aliphatic rings. The molecule has 0 radical (unpaired) electrons. The number of aryl methyl sites for hydroxylation is 1. The average molecular weight is 306 g/mol. The fourth-order valence-electron chi connectivity index (χ4n) is 1.78. The van der Waals surface area contributed by atoms with E-state index in [1.54, 1.807) is 25.1 Å². The van der Waals surface area contributed by atoms with Gasteiger partial charge in [-0.05, 0) is 30.7 Å². The summed E-state index contributed by atoms with van der Waals surface area (Å²) < 4.78 is 5.58. The van der Waals surface area contributed by atoms with Crippen LogP contribution in [0.3, 0.4) is 0 Å². The molecule has 2 aromatic carbocycles. The van der Waals surface area contributed by atoms with Crippen LogP contribution < -0.4 is 10.5 Å². The van der Waals surface area contributed by atoms with Crippen molar-refractivity contribution in [2.24, 2.45) is 5.73 Å². The Kier molecular flexibility index (Phi) is 4.09. The van der Waals surface area contributed by atoms with Crippen LogP contribution in [0.15, 0.2) is 36.4 Å². The summed E-state index contributed by atoms with van der Waals surface area (Å²) in [4.78, 5) is 10.5. The lowest BCUT2D eigenvalue weighted by Crippen LogP contribution is -2.12. The van der Waals surface area contributed by atoms with E-state index in [0.29, 0.717) is 10.6 Å². The highest BCUT2D eigenvalue weighted by atomic mass is 35.5. The SMILES string of the molecule is Cc1ccc([N+](=O)[O-])c(Oc2cc(Cl)ccc2C(=N)N)c1. The van der Waals surface area contributed by atoms with Gasteiger partial charge < -0.3 is 10.5 Å². The molecule has 3 N–H and O–H groups in total. The summed E-state index contributed by atoms with van der Waals surface area (Å²) >= 11 is 5.90. The third kappa shape index (κ3) is 3.29. The first-order valence-electron chi connectivity index (χ1n) is 5.95. The maximum Gasteiger partial charge on any atom is 0.311 e. The maximum atomic E-state index is 11.0. The molecule has 2 rings (SSSR count). The van der Waals surface area contributed by atoms with Gasteiger partial charge in [-0.25, -0.2) is 0 Å². The number of nitrogens with zero attached hydrogens (tertiary/aromatic N) is 1. The second-order valence-electron chi connectivity index (χ2n) is 4.38. The Bertz CT molecular complexity index is 670. The lowest BCUT2D eigenvalue weighted by Gasteiger charge is -2.11. The summed E-state index contributed by atoms with van der Waals surface area (Å²) in [5.74, 6) is 0.0606. The van der Waals surface area contributed by atoms with Crippen LogP contribution >= 0.6 is 11.6 Å². The number of benzene rings is 2. The van der Waals surface area contributed by atoms with E-state index in [9.17, 15) is 10.1 Å². The number of nitrogen functional groups attached to an aromatic ring is 1. The van der Waals surface area contributed by atoms with E-state index in [0.717, 1.165) is 5.56 Å². The zero-order valence-corrected chi connectivity index (χ0v) is 11.8. The summed E-state index contributed by atoms with van der Waals surface area (Å²) in [5.41, 5.74) is 6.42. The molecule has 0 heterocycles. The predicted molar refractivity (Wildman–Crippen MR) is 80.4 cm³/mol. The molecule has 2 aromatic rings. The number of ether oxygens (including phenoxy) is 1. The van der Waals surface area contributed by atoms with Crippen LogP contribution in [0.25, 0.3) is 0 Å². The van der Waals surface area contributed by atoms with Gasteiger partial charge in [-0.1, -0.05) is 17.7 Å². The minimum atomic E-state index is -0.535. The highest BCUT2D eigenvalue weighted by molar-refractivity contribution is 6.30. The van der Waals surface area contributed by atoms with Crippen molar-refractivity contribution in [1.82, 2.24) is 0 Å². The fourth-order valence-corrected chi connectivity index (χ4v) is 1.94. The minimum absolute atomic E-state index is 0.0739. The number of amidine groups is 1. The van der Waals surface area contributed by atoms with Crippen LogP contribution in [-0.4, -0.2) is 10.8 Å². The smallest absolute Gasteiger partial charge is 0.311 e. The van der Waals surface area contributed by atoms with Gasteiger partial charge in [-0.3, -0.25) is 15.5 Å². The van der Waals surface area contributed by atoms with Crippen molar-refractivity contribution in [3.05, 3.63) is 62.7 Å². The average Bonchev–Trinajstić information content (AvgIpc) is 2.38. The molecule has 21 heavy (non-hydrogen) atoms. The monoisotopic (exact) mass is 305 g/mol. The van der Waals surface area contributed by atoms with E-state index < -0.39 is 4.92 Å². The summed E-state index contributed by atoms with van der Waals surface area (Å²) in [6.45, 7) is 1.79. The van der Waals surface area contributed by atoms with Gasteiger partial charge in [0.25, 0.3) is 0 Å². The van der Waals surface area contributed by atoms with Gasteiger partial charge in [-0.15, -0.1) is 0 Å². The molecule has 0 amide bonds. The minimum Gasteiger partial charge on any atom is -0.449 e. The van der Waals surface area contributed by atoms with Crippen LogP contribution in [-0.2, 0) is 0 Å².